The third kappa shape index (κ3) is 3.61. The first kappa shape index (κ1) is 17.7. The second-order valence-corrected chi connectivity index (χ2v) is 6.95. The Morgan fingerprint density at radius 1 is 1.08 bits per heavy atom. The van der Waals surface area contributed by atoms with E-state index < -0.39 is 16.9 Å². The number of aliphatic hydroxyl groups excluding tert-OH is 1. The number of aromatic nitrogens is 3. The molecule has 1 aromatic heterocycles. The average Bonchev–Trinajstić information content (AvgIpc) is 3.07. The Labute approximate surface area is 142 Å². The van der Waals surface area contributed by atoms with E-state index in [2.05, 4.69) is 22.2 Å². The van der Waals surface area contributed by atoms with Gasteiger partial charge in [0.2, 0.25) is 0 Å². The Morgan fingerprint density at radius 2 is 1.62 bits per heavy atom. The summed E-state index contributed by atoms with van der Waals surface area (Å²) in [6, 6.07) is 10.1. The van der Waals surface area contributed by atoms with Gasteiger partial charge in [-0.1, -0.05) is 18.2 Å². The maximum atomic E-state index is 10.6. The van der Waals surface area contributed by atoms with Gasteiger partial charge in [-0.3, -0.25) is 4.68 Å². The van der Waals surface area contributed by atoms with Gasteiger partial charge in [0, 0.05) is 0 Å². The molecule has 0 amide bonds. The van der Waals surface area contributed by atoms with Crippen molar-refractivity contribution >= 4 is 0 Å². The highest BCUT2D eigenvalue weighted by Gasteiger charge is 2.27. The summed E-state index contributed by atoms with van der Waals surface area (Å²) in [5.41, 5.74) is 0.772. The predicted octanol–water partition coefficient (Wildman–Crippen LogP) is 2.61. The number of hydrogen-bond acceptors (Lipinski definition) is 5. The minimum absolute atomic E-state index is 0.253. The summed E-state index contributed by atoms with van der Waals surface area (Å²) >= 11 is 0. The Bertz CT molecular complexity index is 750. The van der Waals surface area contributed by atoms with Gasteiger partial charge in [0.1, 0.15) is 12.7 Å². The molecule has 2 aromatic rings. The summed E-state index contributed by atoms with van der Waals surface area (Å²) in [5.74, 6) is 0. The van der Waals surface area contributed by atoms with Crippen LogP contribution in [-0.4, -0.2) is 19.9 Å². The monoisotopic (exact) mass is 323 g/mol. The predicted molar refractivity (Wildman–Crippen MR) is 88.7 cm³/mol. The summed E-state index contributed by atoms with van der Waals surface area (Å²) in [5, 5.41) is 33.4. The van der Waals surface area contributed by atoms with Crippen molar-refractivity contribution < 1.29 is 5.11 Å². The van der Waals surface area contributed by atoms with Crippen molar-refractivity contribution in [1.82, 2.24) is 14.8 Å². The van der Waals surface area contributed by atoms with Crippen LogP contribution in [0.5, 0.6) is 0 Å². The van der Waals surface area contributed by atoms with Crippen LogP contribution in [-0.2, 0) is 17.4 Å². The first-order chi connectivity index (χ1) is 11.2. The lowest BCUT2D eigenvalue weighted by atomic mass is 9.78. The lowest BCUT2D eigenvalue weighted by molar-refractivity contribution is 0.151. The normalized spacial score (nSPS) is 13.1. The van der Waals surface area contributed by atoms with Gasteiger partial charge < -0.3 is 5.11 Å². The van der Waals surface area contributed by atoms with Crippen molar-refractivity contribution in [2.45, 2.75) is 51.2 Å². The largest absolute Gasteiger partial charge is 0.386 e. The van der Waals surface area contributed by atoms with E-state index in [4.69, 9.17) is 0 Å². The van der Waals surface area contributed by atoms with E-state index in [0.717, 1.165) is 11.1 Å². The van der Waals surface area contributed by atoms with Gasteiger partial charge in [-0.25, -0.2) is 4.98 Å². The fraction of sp³-hybridized carbons (Fsp3) is 0.444. The maximum Gasteiger partial charge on any atom is 0.137 e. The Hall–Kier alpha value is -2.70. The highest BCUT2D eigenvalue weighted by molar-refractivity contribution is 5.43. The maximum absolute atomic E-state index is 10.6. The summed E-state index contributed by atoms with van der Waals surface area (Å²) in [4.78, 5) is 3.86. The standard InChI is InChI=1S/C18H21N5O/c1-17(2,9-19)14-5-13(6-15(7-14)18(3,4)10-20)16(24)8-23-12-21-11-22-23/h5-7,11-12,16,24H,8H2,1-4H3. The second kappa shape index (κ2) is 6.43. The van der Waals surface area contributed by atoms with Gasteiger partial charge in [-0.2, -0.15) is 15.6 Å². The number of benzene rings is 1. The van der Waals surface area contributed by atoms with Gasteiger partial charge >= 0.3 is 0 Å². The molecule has 1 heterocycles. The van der Waals surface area contributed by atoms with Crippen LogP contribution in [0.2, 0.25) is 0 Å². The number of nitriles is 2. The Kier molecular flexibility index (Phi) is 4.73. The van der Waals surface area contributed by atoms with Crippen molar-refractivity contribution in [2.24, 2.45) is 0 Å². The molecule has 2 rings (SSSR count). The molecule has 0 saturated heterocycles. The molecule has 6 heteroatoms. The van der Waals surface area contributed by atoms with Gasteiger partial charge in [0.15, 0.2) is 0 Å². The third-order valence-electron chi connectivity index (χ3n) is 4.17. The molecule has 6 nitrogen and oxygen atoms in total. The zero-order valence-electron chi connectivity index (χ0n) is 14.4. The molecule has 1 aromatic carbocycles. The SMILES string of the molecule is CC(C)(C#N)c1cc(C(O)Cn2cncn2)cc(C(C)(C)C#N)c1. The van der Waals surface area contributed by atoms with E-state index in [9.17, 15) is 15.6 Å². The molecule has 0 spiro atoms. The van der Waals surface area contributed by atoms with Crippen molar-refractivity contribution in [2.75, 3.05) is 0 Å². The van der Waals surface area contributed by atoms with E-state index in [1.165, 1.54) is 12.7 Å². The molecule has 1 unspecified atom stereocenters. The lowest BCUT2D eigenvalue weighted by Crippen LogP contribution is -2.20. The number of nitrogens with zero attached hydrogens (tertiary/aromatic N) is 5. The molecule has 0 saturated carbocycles. The van der Waals surface area contributed by atoms with E-state index in [-0.39, 0.29) is 6.54 Å². The van der Waals surface area contributed by atoms with E-state index in [0.29, 0.717) is 5.56 Å². The molecule has 1 atom stereocenters. The Morgan fingerprint density at radius 3 is 2.04 bits per heavy atom. The van der Waals surface area contributed by atoms with Crippen LogP contribution in [0.4, 0.5) is 0 Å². The third-order valence-corrected chi connectivity index (χ3v) is 4.17. The minimum atomic E-state index is -0.811. The van der Waals surface area contributed by atoms with Crippen molar-refractivity contribution in [3.63, 3.8) is 0 Å². The summed E-state index contributed by atoms with van der Waals surface area (Å²) < 4.78 is 1.54. The highest BCUT2D eigenvalue weighted by Crippen LogP contribution is 2.32. The molecule has 0 radical (unpaired) electrons. The molecule has 0 fully saturated rings. The van der Waals surface area contributed by atoms with Gasteiger partial charge in [-0.15, -0.1) is 0 Å². The molecule has 0 aliphatic carbocycles. The fourth-order valence-corrected chi connectivity index (χ4v) is 2.30. The zero-order chi connectivity index (χ0) is 18.0. The molecule has 124 valence electrons. The molecule has 0 aliphatic rings. The number of hydrogen-bond donors (Lipinski definition) is 1. The quantitative estimate of drug-likeness (QED) is 0.912. The van der Waals surface area contributed by atoms with Crippen LogP contribution in [0, 0.1) is 22.7 Å². The van der Waals surface area contributed by atoms with Crippen molar-refractivity contribution in [1.29, 1.82) is 10.5 Å². The summed E-state index contributed by atoms with van der Waals surface area (Å²) in [6.45, 7) is 7.53. The highest BCUT2D eigenvalue weighted by atomic mass is 16.3. The van der Waals surface area contributed by atoms with E-state index in [1.54, 1.807) is 4.68 Å². The van der Waals surface area contributed by atoms with Crippen LogP contribution in [0.1, 0.15) is 50.5 Å². The second-order valence-electron chi connectivity index (χ2n) is 6.95. The fourth-order valence-electron chi connectivity index (χ4n) is 2.30. The zero-order valence-corrected chi connectivity index (χ0v) is 14.4. The van der Waals surface area contributed by atoms with Crippen LogP contribution >= 0.6 is 0 Å². The Balaban J connectivity index is 2.51. The van der Waals surface area contributed by atoms with Crippen LogP contribution in [0.25, 0.3) is 0 Å². The van der Waals surface area contributed by atoms with Crippen LogP contribution in [0.15, 0.2) is 30.9 Å². The molecule has 0 bridgehead atoms. The van der Waals surface area contributed by atoms with Gasteiger partial charge in [-0.05, 0) is 44.4 Å². The molecule has 24 heavy (non-hydrogen) atoms. The van der Waals surface area contributed by atoms with Crippen molar-refractivity contribution in [3.8, 4) is 12.1 Å². The summed E-state index contributed by atoms with van der Waals surface area (Å²) in [6.07, 6.45) is 2.13. The molecule has 1 N–H and O–H groups in total. The minimum Gasteiger partial charge on any atom is -0.386 e. The molecule has 0 aliphatic heterocycles. The van der Waals surface area contributed by atoms with E-state index >= 15 is 0 Å². The lowest BCUT2D eigenvalue weighted by Gasteiger charge is -2.24. The van der Waals surface area contributed by atoms with Gasteiger partial charge in [0.05, 0.1) is 35.6 Å². The van der Waals surface area contributed by atoms with Crippen LogP contribution < -0.4 is 0 Å². The first-order valence-corrected chi connectivity index (χ1v) is 7.68. The topological polar surface area (TPSA) is 98.5 Å². The average molecular weight is 323 g/mol. The molecular weight excluding hydrogens is 302 g/mol. The van der Waals surface area contributed by atoms with Crippen LogP contribution in [0.3, 0.4) is 0 Å². The van der Waals surface area contributed by atoms with Gasteiger partial charge in [0.25, 0.3) is 0 Å². The van der Waals surface area contributed by atoms with Crippen molar-refractivity contribution in [3.05, 3.63) is 47.5 Å². The summed E-state index contributed by atoms with van der Waals surface area (Å²) in [7, 11) is 0. The number of rotatable bonds is 5. The first-order valence-electron chi connectivity index (χ1n) is 7.68. The number of aliphatic hydroxyl groups is 1. The smallest absolute Gasteiger partial charge is 0.137 e. The molecular formula is C18H21N5O. The van der Waals surface area contributed by atoms with E-state index in [1.807, 2.05) is 45.9 Å².